The first kappa shape index (κ1) is 20.8. The van der Waals surface area contributed by atoms with Crippen LogP contribution in [0.3, 0.4) is 0 Å². The quantitative estimate of drug-likeness (QED) is 0.360. The third kappa shape index (κ3) is 13.1. The van der Waals surface area contributed by atoms with Crippen LogP contribution in [-0.4, -0.2) is 0 Å². The summed E-state index contributed by atoms with van der Waals surface area (Å²) in [5.41, 5.74) is 0. The Labute approximate surface area is 49.9 Å². The first-order chi connectivity index (χ1) is 1.00. The Morgan fingerprint density at radius 1 is 1.00 bits per heavy atom. The summed E-state index contributed by atoms with van der Waals surface area (Å²) in [4.78, 5) is 0. The second-order valence-electron chi connectivity index (χ2n) is 0. The van der Waals surface area contributed by atoms with Crippen molar-refractivity contribution in [2.75, 3.05) is 0 Å². The van der Waals surface area contributed by atoms with E-state index in [4.69, 9.17) is 0 Å². The summed E-state index contributed by atoms with van der Waals surface area (Å²) in [6, 6.07) is 0. The summed E-state index contributed by atoms with van der Waals surface area (Å²) in [5, 5.41) is 0. The van der Waals surface area contributed by atoms with E-state index in [1.165, 1.54) is 0 Å². The standard InChI is InChI=1S/C2H4.Cu.Zn/c1-2;;/h1-2H2;;. The van der Waals surface area contributed by atoms with E-state index in [9.17, 15) is 0 Å². The van der Waals surface area contributed by atoms with Crippen LogP contribution >= 0.6 is 0 Å². The first-order valence-corrected chi connectivity index (χ1v) is 0.500. The van der Waals surface area contributed by atoms with Crippen LogP contribution in [0.15, 0.2) is 13.2 Å². The van der Waals surface area contributed by atoms with E-state index >= 15 is 0 Å². The molecule has 0 spiro atoms. The fourth-order valence-electron chi connectivity index (χ4n) is 0. The van der Waals surface area contributed by atoms with Crippen LogP contribution in [0.4, 0.5) is 0 Å². The zero-order valence-corrected chi connectivity index (χ0v) is 6.33. The minimum atomic E-state index is 0. The first-order valence-electron chi connectivity index (χ1n) is 0.500. The van der Waals surface area contributed by atoms with Crippen molar-refractivity contribution in [3.05, 3.63) is 13.2 Å². The monoisotopic (exact) mass is 155 g/mol. The van der Waals surface area contributed by atoms with Crippen LogP contribution in [0.5, 0.6) is 0 Å². The maximum Gasteiger partial charge on any atom is 0 e. The van der Waals surface area contributed by atoms with Gasteiger partial charge in [-0.15, -0.1) is 13.2 Å². The predicted molar refractivity (Wildman–Crippen MR) is 11.3 cm³/mol. The van der Waals surface area contributed by atoms with E-state index in [0.717, 1.165) is 0 Å². The second-order valence-corrected chi connectivity index (χ2v) is 0. The molecular formula is C2H4CuZn. The molecule has 1 radical (unpaired) electrons. The summed E-state index contributed by atoms with van der Waals surface area (Å²) in [5.74, 6) is 0. The van der Waals surface area contributed by atoms with Gasteiger partial charge < -0.3 is 0 Å². The Hall–Kier alpha value is 0.883. The fourth-order valence-corrected chi connectivity index (χ4v) is 0. The SMILES string of the molecule is C=C.[Cu].[Zn]. The van der Waals surface area contributed by atoms with Crippen molar-refractivity contribution in [3.63, 3.8) is 0 Å². The predicted octanol–water partition coefficient (Wildman–Crippen LogP) is 0.797. The average Bonchev–Trinajstić information content (AvgIpc) is 1.00. The molecule has 0 aromatic carbocycles. The number of hydrogen-bond acceptors (Lipinski definition) is 0. The average molecular weight is 157 g/mol. The van der Waals surface area contributed by atoms with E-state index in [0.29, 0.717) is 0 Å². The van der Waals surface area contributed by atoms with Gasteiger partial charge in [-0.25, -0.2) is 0 Å². The van der Waals surface area contributed by atoms with Gasteiger partial charge in [0.15, 0.2) is 0 Å². The molecule has 0 atom stereocenters. The van der Waals surface area contributed by atoms with Crippen molar-refractivity contribution in [1.82, 2.24) is 0 Å². The molecule has 0 aliphatic heterocycles. The van der Waals surface area contributed by atoms with E-state index in [-0.39, 0.29) is 36.5 Å². The maximum absolute atomic E-state index is 3.00. The molecule has 4 heavy (non-hydrogen) atoms. The Balaban J connectivity index is -0.00000000500. The van der Waals surface area contributed by atoms with Crippen molar-refractivity contribution in [3.8, 4) is 0 Å². The van der Waals surface area contributed by atoms with Crippen molar-refractivity contribution in [1.29, 1.82) is 0 Å². The second kappa shape index (κ2) is 41.4. The molecule has 0 nitrogen and oxygen atoms in total. The molecule has 0 aromatic heterocycles. The molecular weight excluding hydrogens is 153 g/mol. The third-order valence-electron chi connectivity index (χ3n) is 0. The van der Waals surface area contributed by atoms with Crippen LogP contribution in [0.2, 0.25) is 0 Å². The molecule has 2 heteroatoms. The molecule has 0 aliphatic rings. The van der Waals surface area contributed by atoms with Crippen LogP contribution in [0.25, 0.3) is 0 Å². The minimum absolute atomic E-state index is 0. The molecule has 25 valence electrons. The van der Waals surface area contributed by atoms with Gasteiger partial charge in [0, 0.05) is 36.5 Å². The Morgan fingerprint density at radius 3 is 1.00 bits per heavy atom. The van der Waals surface area contributed by atoms with E-state index in [2.05, 4.69) is 13.2 Å². The van der Waals surface area contributed by atoms with Crippen LogP contribution < -0.4 is 0 Å². The van der Waals surface area contributed by atoms with Gasteiger partial charge in [-0.05, 0) is 0 Å². The van der Waals surface area contributed by atoms with Gasteiger partial charge in [-0.1, -0.05) is 0 Å². The zero-order chi connectivity index (χ0) is 2.00. The fraction of sp³-hybridized carbons (Fsp3) is 0. The van der Waals surface area contributed by atoms with E-state index < -0.39 is 0 Å². The largest absolute Gasteiger partial charge is 0.106 e. The molecule has 0 saturated carbocycles. The van der Waals surface area contributed by atoms with Crippen LogP contribution in [-0.2, 0) is 36.5 Å². The maximum atomic E-state index is 3.00. The molecule has 0 aromatic rings. The van der Waals surface area contributed by atoms with Gasteiger partial charge in [0.1, 0.15) is 0 Å². The summed E-state index contributed by atoms with van der Waals surface area (Å²) >= 11 is 0. The molecule has 0 bridgehead atoms. The molecule has 0 rings (SSSR count). The van der Waals surface area contributed by atoms with Crippen LogP contribution in [0.1, 0.15) is 0 Å². The van der Waals surface area contributed by atoms with E-state index in [1.54, 1.807) is 0 Å². The molecule has 0 amide bonds. The summed E-state index contributed by atoms with van der Waals surface area (Å²) < 4.78 is 0. The van der Waals surface area contributed by atoms with Gasteiger partial charge >= 0.3 is 0 Å². The molecule has 0 N–H and O–H groups in total. The van der Waals surface area contributed by atoms with Gasteiger partial charge in [0.2, 0.25) is 0 Å². The van der Waals surface area contributed by atoms with Crippen molar-refractivity contribution < 1.29 is 36.5 Å². The molecule has 0 fully saturated rings. The summed E-state index contributed by atoms with van der Waals surface area (Å²) in [6.45, 7) is 6.00. The van der Waals surface area contributed by atoms with Gasteiger partial charge in [0.05, 0.1) is 0 Å². The van der Waals surface area contributed by atoms with E-state index in [1.807, 2.05) is 0 Å². The molecule has 0 unspecified atom stereocenters. The van der Waals surface area contributed by atoms with Gasteiger partial charge in [-0.2, -0.15) is 0 Å². The minimum Gasteiger partial charge on any atom is -0.106 e. The molecule has 0 saturated heterocycles. The van der Waals surface area contributed by atoms with Crippen LogP contribution in [0, 0.1) is 0 Å². The Morgan fingerprint density at radius 2 is 1.00 bits per heavy atom. The topological polar surface area (TPSA) is 0 Å². The summed E-state index contributed by atoms with van der Waals surface area (Å²) in [6.07, 6.45) is 0. The molecule has 0 heterocycles. The van der Waals surface area contributed by atoms with Crippen molar-refractivity contribution in [2.24, 2.45) is 0 Å². The molecule has 0 aliphatic carbocycles. The summed E-state index contributed by atoms with van der Waals surface area (Å²) in [7, 11) is 0. The normalized spacial score (nSPS) is 1.00. The Kier molecular flexibility index (Phi) is 215. The number of rotatable bonds is 0. The Bertz CT molecular complexity index is 6.00. The van der Waals surface area contributed by atoms with Gasteiger partial charge in [-0.3, -0.25) is 0 Å². The smallest absolute Gasteiger partial charge is 0 e. The van der Waals surface area contributed by atoms with Crippen molar-refractivity contribution >= 4 is 0 Å². The van der Waals surface area contributed by atoms with Crippen molar-refractivity contribution in [2.45, 2.75) is 0 Å². The zero-order valence-electron chi connectivity index (χ0n) is 2.42. The third-order valence-corrected chi connectivity index (χ3v) is 0. The van der Waals surface area contributed by atoms with Gasteiger partial charge in [0.25, 0.3) is 0 Å². The number of hydrogen-bond donors (Lipinski definition) is 0.